The number of nitrogens with one attached hydrogen (secondary N) is 1. The van der Waals surface area contributed by atoms with Crippen molar-refractivity contribution < 1.29 is 14.3 Å². The zero-order chi connectivity index (χ0) is 16.8. The lowest BCUT2D eigenvalue weighted by atomic mass is 10.1. The molecule has 2 atom stereocenters. The molecule has 0 bridgehead atoms. The van der Waals surface area contributed by atoms with Crippen LogP contribution in [0.4, 0.5) is 0 Å². The molecule has 0 saturated heterocycles. The summed E-state index contributed by atoms with van der Waals surface area (Å²) in [7, 11) is 0. The topological polar surface area (TPSA) is 81.4 Å². The van der Waals surface area contributed by atoms with E-state index < -0.39 is 29.6 Å². The average molecular weight is 324 g/mol. The summed E-state index contributed by atoms with van der Waals surface area (Å²) in [5.74, 6) is -0.684. The number of rotatable bonds is 6. The van der Waals surface area contributed by atoms with Crippen molar-refractivity contribution >= 4 is 24.5 Å². The Balaban J connectivity index is 2.85. The molecular formula is C16H24N2O3S. The monoisotopic (exact) mass is 324 g/mol. The first-order valence-electron chi connectivity index (χ1n) is 7.16. The Bertz CT molecular complexity index is 500. The van der Waals surface area contributed by atoms with Crippen molar-refractivity contribution in [2.75, 3.05) is 5.75 Å². The van der Waals surface area contributed by atoms with E-state index in [2.05, 4.69) is 17.9 Å². The van der Waals surface area contributed by atoms with E-state index >= 15 is 0 Å². The number of thiol groups is 1. The molecule has 0 saturated carbocycles. The lowest BCUT2D eigenvalue weighted by Gasteiger charge is -2.25. The molecule has 0 radical (unpaired) electrons. The highest BCUT2D eigenvalue weighted by atomic mass is 32.1. The van der Waals surface area contributed by atoms with Crippen LogP contribution in [0.2, 0.25) is 0 Å². The third kappa shape index (κ3) is 6.49. The molecule has 6 heteroatoms. The van der Waals surface area contributed by atoms with E-state index in [1.807, 2.05) is 30.3 Å². The van der Waals surface area contributed by atoms with Crippen LogP contribution in [0.3, 0.4) is 0 Å². The van der Waals surface area contributed by atoms with Gasteiger partial charge in [-0.25, -0.2) is 4.79 Å². The van der Waals surface area contributed by atoms with Gasteiger partial charge in [-0.2, -0.15) is 12.6 Å². The maximum Gasteiger partial charge on any atom is 0.329 e. The molecule has 0 unspecified atom stereocenters. The fourth-order valence-electron chi connectivity index (χ4n) is 1.78. The van der Waals surface area contributed by atoms with Crippen molar-refractivity contribution in [1.82, 2.24) is 5.32 Å². The Labute approximate surface area is 137 Å². The minimum absolute atomic E-state index is 0.207. The maximum absolute atomic E-state index is 12.3. The van der Waals surface area contributed by atoms with Crippen molar-refractivity contribution in [2.45, 2.75) is 44.9 Å². The summed E-state index contributed by atoms with van der Waals surface area (Å²) in [4.78, 5) is 24.3. The van der Waals surface area contributed by atoms with E-state index in [1.54, 1.807) is 20.8 Å². The van der Waals surface area contributed by atoms with Gasteiger partial charge < -0.3 is 15.8 Å². The number of ether oxygens (including phenoxy) is 1. The van der Waals surface area contributed by atoms with Crippen molar-refractivity contribution in [2.24, 2.45) is 5.73 Å². The highest BCUT2D eigenvalue weighted by molar-refractivity contribution is 7.80. The Morgan fingerprint density at radius 2 is 1.86 bits per heavy atom. The zero-order valence-corrected chi connectivity index (χ0v) is 14.1. The summed E-state index contributed by atoms with van der Waals surface area (Å²) in [6, 6.07) is 7.89. The number of nitrogens with two attached hydrogens (primary N) is 1. The van der Waals surface area contributed by atoms with E-state index in [1.165, 1.54) is 0 Å². The van der Waals surface area contributed by atoms with Crippen LogP contribution >= 0.6 is 12.6 Å². The molecule has 0 aromatic heterocycles. The van der Waals surface area contributed by atoms with Gasteiger partial charge in [-0.3, -0.25) is 4.79 Å². The smallest absolute Gasteiger partial charge is 0.329 e. The van der Waals surface area contributed by atoms with Crippen LogP contribution in [-0.4, -0.2) is 35.3 Å². The molecule has 0 fully saturated rings. The maximum atomic E-state index is 12.3. The standard InChI is InChI=1S/C16H24N2O3S/c1-16(2,3)21-15(20)13(18-14(19)12(17)10-22)9-11-7-5-4-6-8-11/h4-8,12-13,22H,9-10,17H2,1-3H3,(H,18,19)/t12-,13-/m0/s1. The minimum atomic E-state index is -0.778. The van der Waals surface area contributed by atoms with E-state index in [0.29, 0.717) is 6.42 Å². The average Bonchev–Trinajstić information content (AvgIpc) is 2.44. The molecule has 3 N–H and O–H groups in total. The second kappa shape index (κ2) is 8.19. The number of carbonyl (C=O) groups is 2. The van der Waals surface area contributed by atoms with Crippen LogP contribution in [0, 0.1) is 0 Å². The van der Waals surface area contributed by atoms with Gasteiger partial charge in [0.2, 0.25) is 5.91 Å². The number of esters is 1. The molecule has 5 nitrogen and oxygen atoms in total. The number of carbonyl (C=O) groups excluding carboxylic acids is 2. The summed E-state index contributed by atoms with van der Waals surface area (Å²) >= 11 is 4.00. The number of amides is 1. The summed E-state index contributed by atoms with van der Waals surface area (Å²) in [6.07, 6.45) is 0.348. The molecule has 1 aromatic carbocycles. The van der Waals surface area contributed by atoms with Gasteiger partial charge in [-0.15, -0.1) is 0 Å². The molecule has 0 aliphatic carbocycles. The van der Waals surface area contributed by atoms with Crippen LogP contribution in [0.15, 0.2) is 30.3 Å². The Morgan fingerprint density at radius 3 is 2.36 bits per heavy atom. The van der Waals surface area contributed by atoms with Gasteiger partial charge in [-0.05, 0) is 26.3 Å². The lowest BCUT2D eigenvalue weighted by molar-refractivity contribution is -0.158. The molecule has 1 aromatic rings. The Kier molecular flexibility index (Phi) is 6.90. The van der Waals surface area contributed by atoms with Crippen molar-refractivity contribution in [3.63, 3.8) is 0 Å². The second-order valence-corrected chi connectivity index (χ2v) is 6.44. The normalized spacial score (nSPS) is 14.0. The first-order valence-corrected chi connectivity index (χ1v) is 7.80. The molecule has 0 heterocycles. The highest BCUT2D eigenvalue weighted by Crippen LogP contribution is 2.11. The van der Waals surface area contributed by atoms with Crippen LogP contribution in [-0.2, 0) is 20.7 Å². The van der Waals surface area contributed by atoms with Gasteiger partial charge in [0.15, 0.2) is 0 Å². The summed E-state index contributed by atoms with van der Waals surface area (Å²) in [5.41, 5.74) is 5.95. The third-order valence-corrected chi connectivity index (χ3v) is 3.22. The second-order valence-electron chi connectivity index (χ2n) is 6.07. The van der Waals surface area contributed by atoms with Crippen LogP contribution in [0.1, 0.15) is 26.3 Å². The predicted octanol–water partition coefficient (Wildman–Crippen LogP) is 1.31. The number of hydrogen-bond acceptors (Lipinski definition) is 5. The van der Waals surface area contributed by atoms with E-state index in [-0.39, 0.29) is 5.75 Å². The quantitative estimate of drug-likeness (QED) is 0.544. The number of hydrogen-bond donors (Lipinski definition) is 3. The van der Waals surface area contributed by atoms with E-state index in [9.17, 15) is 9.59 Å². The molecule has 1 rings (SSSR count). The van der Waals surface area contributed by atoms with E-state index in [4.69, 9.17) is 10.5 Å². The molecule has 22 heavy (non-hydrogen) atoms. The molecule has 0 spiro atoms. The van der Waals surface area contributed by atoms with Gasteiger partial charge in [-0.1, -0.05) is 30.3 Å². The first-order chi connectivity index (χ1) is 10.2. The summed E-state index contributed by atoms with van der Waals surface area (Å²) < 4.78 is 5.37. The van der Waals surface area contributed by atoms with E-state index in [0.717, 1.165) is 5.56 Å². The molecule has 122 valence electrons. The van der Waals surface area contributed by atoms with Crippen LogP contribution in [0.5, 0.6) is 0 Å². The minimum Gasteiger partial charge on any atom is -0.458 e. The van der Waals surface area contributed by atoms with Crippen LogP contribution in [0.25, 0.3) is 0 Å². The first kappa shape index (κ1) is 18.5. The number of benzene rings is 1. The van der Waals surface area contributed by atoms with Crippen molar-refractivity contribution in [3.05, 3.63) is 35.9 Å². The Morgan fingerprint density at radius 1 is 1.27 bits per heavy atom. The largest absolute Gasteiger partial charge is 0.458 e. The zero-order valence-electron chi connectivity index (χ0n) is 13.2. The summed E-state index contributed by atoms with van der Waals surface area (Å²) in [6.45, 7) is 5.35. The Hall–Kier alpha value is -1.53. The van der Waals surface area contributed by atoms with Gasteiger partial charge in [0.25, 0.3) is 0 Å². The van der Waals surface area contributed by atoms with Crippen LogP contribution < -0.4 is 11.1 Å². The van der Waals surface area contributed by atoms with Gasteiger partial charge in [0.1, 0.15) is 11.6 Å². The fourth-order valence-corrected chi connectivity index (χ4v) is 1.94. The van der Waals surface area contributed by atoms with Crippen molar-refractivity contribution in [3.8, 4) is 0 Å². The summed E-state index contributed by atoms with van der Waals surface area (Å²) in [5, 5.41) is 2.65. The van der Waals surface area contributed by atoms with Gasteiger partial charge in [0.05, 0.1) is 6.04 Å². The molecular weight excluding hydrogens is 300 g/mol. The predicted molar refractivity (Wildman–Crippen MR) is 89.8 cm³/mol. The third-order valence-electron chi connectivity index (χ3n) is 2.82. The molecule has 1 amide bonds. The molecule has 0 aliphatic rings. The molecule has 0 aliphatic heterocycles. The highest BCUT2D eigenvalue weighted by Gasteiger charge is 2.28. The van der Waals surface area contributed by atoms with Crippen molar-refractivity contribution in [1.29, 1.82) is 0 Å². The fraction of sp³-hybridized carbons (Fsp3) is 0.500. The lowest BCUT2D eigenvalue weighted by Crippen LogP contribution is -2.51. The van der Waals surface area contributed by atoms with Gasteiger partial charge in [0, 0.05) is 12.2 Å². The van der Waals surface area contributed by atoms with Gasteiger partial charge >= 0.3 is 5.97 Å². The SMILES string of the molecule is CC(C)(C)OC(=O)[C@H](Cc1ccccc1)NC(=O)[C@@H](N)CS.